The van der Waals surface area contributed by atoms with E-state index in [4.69, 9.17) is 5.11 Å². The van der Waals surface area contributed by atoms with Gasteiger partial charge in [-0.1, -0.05) is 22.0 Å². The number of hydrogen-bond donors (Lipinski definition) is 2. The number of aliphatic hydroxyl groups excluding tert-OH is 1. The maximum Gasteiger partial charge on any atom is 0.325 e. The van der Waals surface area contributed by atoms with Gasteiger partial charge in [-0.3, -0.25) is 9.69 Å². The van der Waals surface area contributed by atoms with E-state index >= 15 is 0 Å². The number of amides is 3. The number of benzene rings is 1. The molecule has 1 unspecified atom stereocenters. The SMILES string of the molecule is CC1(c2ccc(F)cc2Br)NC(=O)N(CCCO)C1=O. The lowest BCUT2D eigenvalue weighted by Gasteiger charge is -2.23. The fourth-order valence-electron chi connectivity index (χ4n) is 2.21. The second-order valence-electron chi connectivity index (χ2n) is 4.71. The number of rotatable bonds is 4. The number of nitrogens with zero attached hydrogens (tertiary/aromatic N) is 1. The molecule has 2 rings (SSSR count). The van der Waals surface area contributed by atoms with Crippen LogP contribution < -0.4 is 5.32 Å². The molecule has 1 atom stereocenters. The summed E-state index contributed by atoms with van der Waals surface area (Å²) in [6, 6.07) is 3.44. The van der Waals surface area contributed by atoms with Gasteiger partial charge in [-0.15, -0.1) is 0 Å². The third-order valence-electron chi connectivity index (χ3n) is 3.28. The van der Waals surface area contributed by atoms with Crippen LogP contribution in [0.4, 0.5) is 9.18 Å². The first kappa shape index (κ1) is 14.9. The van der Waals surface area contributed by atoms with Gasteiger partial charge in [0.1, 0.15) is 11.4 Å². The predicted octanol–water partition coefficient (Wildman–Crippen LogP) is 1.74. The molecular weight excluding hydrogens is 331 g/mol. The van der Waals surface area contributed by atoms with E-state index in [1.54, 1.807) is 6.92 Å². The van der Waals surface area contributed by atoms with E-state index < -0.39 is 23.3 Å². The smallest absolute Gasteiger partial charge is 0.325 e. The van der Waals surface area contributed by atoms with Crippen LogP contribution in [-0.2, 0) is 10.3 Å². The standard InChI is InChI=1S/C13H14BrFN2O3/c1-13(9-4-3-8(15)7-10(9)14)11(19)17(5-2-6-18)12(20)16-13/h3-4,7,18H,2,5-6H2,1H3,(H,16,20). The average molecular weight is 345 g/mol. The Morgan fingerprint density at radius 2 is 2.15 bits per heavy atom. The van der Waals surface area contributed by atoms with Crippen LogP contribution in [0.2, 0.25) is 0 Å². The largest absolute Gasteiger partial charge is 0.396 e. The van der Waals surface area contributed by atoms with Gasteiger partial charge >= 0.3 is 6.03 Å². The quantitative estimate of drug-likeness (QED) is 0.817. The van der Waals surface area contributed by atoms with Crippen LogP contribution in [0.25, 0.3) is 0 Å². The number of carbonyl (C=O) groups excluding carboxylic acids is 2. The Morgan fingerprint density at radius 3 is 2.75 bits per heavy atom. The number of imide groups is 1. The lowest BCUT2D eigenvalue weighted by atomic mass is 9.92. The summed E-state index contributed by atoms with van der Waals surface area (Å²) in [5.41, 5.74) is -0.747. The van der Waals surface area contributed by atoms with Crippen molar-refractivity contribution in [1.82, 2.24) is 10.2 Å². The van der Waals surface area contributed by atoms with E-state index in [9.17, 15) is 14.0 Å². The highest BCUT2D eigenvalue weighted by Crippen LogP contribution is 2.34. The molecule has 1 aromatic carbocycles. The van der Waals surface area contributed by atoms with E-state index in [2.05, 4.69) is 21.2 Å². The van der Waals surface area contributed by atoms with Crippen LogP contribution >= 0.6 is 15.9 Å². The molecule has 0 bridgehead atoms. The van der Waals surface area contributed by atoms with Crippen molar-refractivity contribution in [3.63, 3.8) is 0 Å². The van der Waals surface area contributed by atoms with Crippen molar-refractivity contribution in [3.05, 3.63) is 34.1 Å². The van der Waals surface area contributed by atoms with Crippen molar-refractivity contribution < 1.29 is 19.1 Å². The molecule has 1 saturated heterocycles. The number of carbonyl (C=O) groups is 2. The van der Waals surface area contributed by atoms with E-state index in [0.29, 0.717) is 16.5 Å². The first-order valence-corrected chi connectivity index (χ1v) is 6.90. The minimum Gasteiger partial charge on any atom is -0.396 e. The molecule has 0 aromatic heterocycles. The Morgan fingerprint density at radius 1 is 1.45 bits per heavy atom. The lowest BCUT2D eigenvalue weighted by Crippen LogP contribution is -2.41. The minimum atomic E-state index is -1.24. The Bertz CT molecular complexity index is 567. The summed E-state index contributed by atoms with van der Waals surface area (Å²) in [6.07, 6.45) is 0.319. The molecule has 1 fully saturated rings. The topological polar surface area (TPSA) is 69.6 Å². The van der Waals surface area contributed by atoms with Crippen molar-refractivity contribution >= 4 is 27.9 Å². The van der Waals surface area contributed by atoms with Crippen LogP contribution in [0.15, 0.2) is 22.7 Å². The first-order chi connectivity index (χ1) is 9.40. The summed E-state index contributed by atoms with van der Waals surface area (Å²) in [6.45, 7) is 1.62. The van der Waals surface area contributed by atoms with Crippen LogP contribution in [0, 0.1) is 5.82 Å². The van der Waals surface area contributed by atoms with E-state index in [0.717, 1.165) is 4.90 Å². The van der Waals surface area contributed by atoms with E-state index in [-0.39, 0.29) is 13.2 Å². The third-order valence-corrected chi connectivity index (χ3v) is 3.94. The van der Waals surface area contributed by atoms with Crippen molar-refractivity contribution in [2.24, 2.45) is 0 Å². The molecule has 3 amide bonds. The van der Waals surface area contributed by atoms with E-state index in [1.807, 2.05) is 0 Å². The zero-order valence-corrected chi connectivity index (χ0v) is 12.4. The lowest BCUT2D eigenvalue weighted by molar-refractivity contribution is -0.131. The normalized spacial score (nSPS) is 22.3. The summed E-state index contributed by atoms with van der Waals surface area (Å²) in [4.78, 5) is 25.4. The van der Waals surface area contributed by atoms with Gasteiger partial charge in [0.25, 0.3) is 5.91 Å². The maximum atomic E-state index is 13.1. The molecule has 1 aromatic rings. The number of hydrogen-bond acceptors (Lipinski definition) is 3. The van der Waals surface area contributed by atoms with Crippen molar-refractivity contribution in [1.29, 1.82) is 0 Å². The molecule has 5 nitrogen and oxygen atoms in total. The highest BCUT2D eigenvalue weighted by atomic mass is 79.9. The van der Waals surface area contributed by atoms with Gasteiger partial charge in [0.05, 0.1) is 0 Å². The van der Waals surface area contributed by atoms with Crippen molar-refractivity contribution in [2.45, 2.75) is 18.9 Å². The highest BCUT2D eigenvalue weighted by molar-refractivity contribution is 9.10. The second-order valence-corrected chi connectivity index (χ2v) is 5.57. The van der Waals surface area contributed by atoms with E-state index in [1.165, 1.54) is 18.2 Å². The molecule has 0 saturated carbocycles. The summed E-state index contributed by atoms with van der Waals surface area (Å²) in [7, 11) is 0. The fourth-order valence-corrected chi connectivity index (χ4v) is 2.95. The molecular formula is C13H14BrFN2O3. The van der Waals surface area contributed by atoms with Crippen molar-refractivity contribution in [2.75, 3.05) is 13.2 Å². The molecule has 108 valence electrons. The van der Waals surface area contributed by atoms with Gasteiger partial charge < -0.3 is 10.4 Å². The number of nitrogens with one attached hydrogen (secondary N) is 1. The van der Waals surface area contributed by atoms with Crippen LogP contribution in [-0.4, -0.2) is 35.1 Å². The highest BCUT2D eigenvalue weighted by Gasteiger charge is 2.49. The Labute approximate surface area is 123 Å². The summed E-state index contributed by atoms with van der Waals surface area (Å²) >= 11 is 3.21. The van der Waals surface area contributed by atoms with Crippen molar-refractivity contribution in [3.8, 4) is 0 Å². The number of aliphatic hydroxyl groups is 1. The first-order valence-electron chi connectivity index (χ1n) is 6.10. The molecule has 1 aliphatic heterocycles. The van der Waals surface area contributed by atoms with Gasteiger partial charge in [0.15, 0.2) is 0 Å². The average Bonchev–Trinajstić information content (AvgIpc) is 2.59. The van der Waals surface area contributed by atoms with Crippen LogP contribution in [0.5, 0.6) is 0 Å². The molecule has 1 aliphatic rings. The van der Waals surface area contributed by atoms with Crippen LogP contribution in [0.3, 0.4) is 0 Å². The Kier molecular flexibility index (Phi) is 4.10. The summed E-state index contributed by atoms with van der Waals surface area (Å²) < 4.78 is 13.6. The second kappa shape index (κ2) is 5.49. The van der Waals surface area contributed by atoms with Crippen LogP contribution in [0.1, 0.15) is 18.9 Å². The molecule has 0 spiro atoms. The van der Waals surface area contributed by atoms with Gasteiger partial charge in [0.2, 0.25) is 0 Å². The Balaban J connectivity index is 2.35. The molecule has 0 radical (unpaired) electrons. The zero-order valence-electron chi connectivity index (χ0n) is 10.8. The summed E-state index contributed by atoms with van der Waals surface area (Å²) in [5, 5.41) is 11.4. The number of halogens is 2. The number of urea groups is 1. The van der Waals surface area contributed by atoms with Gasteiger partial charge in [-0.2, -0.15) is 0 Å². The minimum absolute atomic E-state index is 0.103. The van der Waals surface area contributed by atoms with Gasteiger partial charge in [-0.25, -0.2) is 9.18 Å². The molecule has 1 heterocycles. The van der Waals surface area contributed by atoms with Gasteiger partial charge in [0, 0.05) is 23.2 Å². The molecule has 0 aliphatic carbocycles. The molecule has 20 heavy (non-hydrogen) atoms. The fraction of sp³-hybridized carbons (Fsp3) is 0.385. The van der Waals surface area contributed by atoms with Gasteiger partial charge in [-0.05, 0) is 25.5 Å². The molecule has 2 N–H and O–H groups in total. The third kappa shape index (κ3) is 2.43. The monoisotopic (exact) mass is 344 g/mol. The molecule has 7 heteroatoms. The predicted molar refractivity (Wildman–Crippen MR) is 73.4 cm³/mol. The summed E-state index contributed by atoms with van der Waals surface area (Å²) in [5.74, 6) is -0.846. The zero-order chi connectivity index (χ0) is 14.9. The maximum absolute atomic E-state index is 13.1. The Hall–Kier alpha value is -1.47.